The van der Waals surface area contributed by atoms with Crippen LogP contribution in [0, 0.1) is 5.92 Å². The Hall–Kier alpha value is -1.35. The summed E-state index contributed by atoms with van der Waals surface area (Å²) in [6.45, 7) is 8.24. The number of rotatable bonds is 5. The van der Waals surface area contributed by atoms with E-state index in [0.717, 1.165) is 31.6 Å². The average molecular weight is 274 g/mol. The van der Waals surface area contributed by atoms with E-state index in [9.17, 15) is 4.79 Å². The van der Waals surface area contributed by atoms with Gasteiger partial charge < -0.3 is 10.2 Å². The first-order chi connectivity index (χ1) is 9.63. The van der Waals surface area contributed by atoms with Crippen molar-refractivity contribution in [2.24, 2.45) is 5.92 Å². The molecule has 1 aliphatic heterocycles. The number of para-hydroxylation sites is 1. The summed E-state index contributed by atoms with van der Waals surface area (Å²) < 4.78 is 0. The molecule has 1 amide bonds. The predicted octanol–water partition coefficient (Wildman–Crippen LogP) is 3.51. The fourth-order valence-corrected chi connectivity index (χ4v) is 2.83. The van der Waals surface area contributed by atoms with Crippen LogP contribution < -0.4 is 10.2 Å². The molecule has 3 nitrogen and oxygen atoms in total. The van der Waals surface area contributed by atoms with Crippen molar-refractivity contribution in [1.82, 2.24) is 5.32 Å². The lowest BCUT2D eigenvalue weighted by Gasteiger charge is -2.35. The zero-order valence-electron chi connectivity index (χ0n) is 12.9. The van der Waals surface area contributed by atoms with Crippen molar-refractivity contribution >= 4 is 11.6 Å². The number of carbonyl (C=O) groups is 1. The quantitative estimate of drug-likeness (QED) is 0.891. The molecule has 0 saturated carbocycles. The summed E-state index contributed by atoms with van der Waals surface area (Å²) in [6, 6.07) is 8.68. The SMILES string of the molecule is CCNC1CCN(C(=O)CCC(C)C)c2ccccc21. The van der Waals surface area contributed by atoms with Gasteiger partial charge in [-0.1, -0.05) is 39.0 Å². The molecule has 3 heteroatoms. The Labute approximate surface area is 122 Å². The minimum atomic E-state index is 0.265. The molecule has 1 unspecified atom stereocenters. The van der Waals surface area contributed by atoms with Gasteiger partial charge in [-0.15, -0.1) is 0 Å². The largest absolute Gasteiger partial charge is 0.312 e. The van der Waals surface area contributed by atoms with Crippen molar-refractivity contribution < 1.29 is 4.79 Å². The number of nitrogens with zero attached hydrogens (tertiary/aromatic N) is 1. The van der Waals surface area contributed by atoms with Crippen LogP contribution in [0.4, 0.5) is 5.69 Å². The molecule has 0 fully saturated rings. The van der Waals surface area contributed by atoms with Crippen LogP contribution in [-0.4, -0.2) is 19.0 Å². The molecular weight excluding hydrogens is 248 g/mol. The minimum Gasteiger partial charge on any atom is -0.312 e. The number of fused-ring (bicyclic) bond motifs is 1. The summed E-state index contributed by atoms with van der Waals surface area (Å²) in [5.41, 5.74) is 2.36. The topological polar surface area (TPSA) is 32.3 Å². The van der Waals surface area contributed by atoms with E-state index in [-0.39, 0.29) is 5.91 Å². The van der Waals surface area contributed by atoms with Gasteiger partial charge >= 0.3 is 0 Å². The Morgan fingerprint density at radius 1 is 1.40 bits per heavy atom. The summed E-state index contributed by atoms with van der Waals surface area (Å²) in [5, 5.41) is 3.51. The number of carbonyl (C=O) groups excluding carboxylic acids is 1. The third kappa shape index (κ3) is 3.40. The minimum absolute atomic E-state index is 0.265. The van der Waals surface area contributed by atoms with Crippen LogP contribution in [0.2, 0.25) is 0 Å². The fraction of sp³-hybridized carbons (Fsp3) is 0.588. The average Bonchev–Trinajstić information content (AvgIpc) is 2.45. The van der Waals surface area contributed by atoms with Crippen molar-refractivity contribution in [1.29, 1.82) is 0 Å². The number of nitrogens with one attached hydrogen (secondary N) is 1. The van der Waals surface area contributed by atoms with Crippen LogP contribution in [-0.2, 0) is 4.79 Å². The molecule has 0 aliphatic carbocycles. The van der Waals surface area contributed by atoms with E-state index in [1.807, 2.05) is 11.0 Å². The van der Waals surface area contributed by atoms with Crippen LogP contribution in [0.1, 0.15) is 51.6 Å². The first-order valence-electron chi connectivity index (χ1n) is 7.76. The molecule has 1 N–H and O–H groups in total. The molecule has 0 bridgehead atoms. The van der Waals surface area contributed by atoms with Crippen LogP contribution in [0.5, 0.6) is 0 Å². The van der Waals surface area contributed by atoms with Crippen LogP contribution in [0.15, 0.2) is 24.3 Å². The Balaban J connectivity index is 2.16. The van der Waals surface area contributed by atoms with Gasteiger partial charge in [0.1, 0.15) is 0 Å². The van der Waals surface area contributed by atoms with Gasteiger partial charge in [-0.3, -0.25) is 4.79 Å². The van der Waals surface area contributed by atoms with Crippen LogP contribution in [0.3, 0.4) is 0 Å². The second-order valence-electron chi connectivity index (χ2n) is 5.94. The van der Waals surface area contributed by atoms with E-state index < -0.39 is 0 Å². The van der Waals surface area contributed by atoms with E-state index >= 15 is 0 Å². The lowest BCUT2D eigenvalue weighted by atomic mass is 9.95. The second-order valence-corrected chi connectivity index (χ2v) is 5.94. The molecular formula is C17H26N2O. The van der Waals surface area contributed by atoms with Crippen molar-refractivity contribution in [2.45, 2.75) is 46.1 Å². The number of anilines is 1. The van der Waals surface area contributed by atoms with Gasteiger partial charge in [-0.2, -0.15) is 0 Å². The zero-order valence-corrected chi connectivity index (χ0v) is 12.9. The van der Waals surface area contributed by atoms with Gasteiger partial charge in [0.25, 0.3) is 0 Å². The second kappa shape index (κ2) is 6.89. The molecule has 2 rings (SSSR count). The van der Waals surface area contributed by atoms with E-state index in [1.165, 1.54) is 5.56 Å². The highest BCUT2D eigenvalue weighted by Gasteiger charge is 2.27. The maximum atomic E-state index is 12.4. The molecule has 0 spiro atoms. The first-order valence-corrected chi connectivity index (χ1v) is 7.76. The van der Waals surface area contributed by atoms with Gasteiger partial charge in [0.15, 0.2) is 0 Å². The smallest absolute Gasteiger partial charge is 0.226 e. The molecule has 1 aliphatic rings. The monoisotopic (exact) mass is 274 g/mol. The maximum Gasteiger partial charge on any atom is 0.226 e. The van der Waals surface area contributed by atoms with E-state index in [0.29, 0.717) is 18.4 Å². The molecule has 0 saturated heterocycles. The lowest BCUT2D eigenvalue weighted by Crippen LogP contribution is -2.39. The predicted molar refractivity (Wildman–Crippen MR) is 83.9 cm³/mol. The number of hydrogen-bond donors (Lipinski definition) is 1. The van der Waals surface area contributed by atoms with E-state index in [4.69, 9.17) is 0 Å². The Bertz CT molecular complexity index is 456. The fourth-order valence-electron chi connectivity index (χ4n) is 2.83. The van der Waals surface area contributed by atoms with Gasteiger partial charge in [-0.25, -0.2) is 0 Å². The molecule has 0 aromatic heterocycles. The van der Waals surface area contributed by atoms with Gasteiger partial charge in [0, 0.05) is 24.7 Å². The van der Waals surface area contributed by atoms with Gasteiger partial charge in [0.05, 0.1) is 0 Å². The highest BCUT2D eigenvalue weighted by atomic mass is 16.2. The van der Waals surface area contributed by atoms with Crippen molar-refractivity contribution in [3.63, 3.8) is 0 Å². The Kier molecular flexibility index (Phi) is 5.18. The van der Waals surface area contributed by atoms with Crippen molar-refractivity contribution in [2.75, 3.05) is 18.0 Å². The molecule has 0 radical (unpaired) electrons. The van der Waals surface area contributed by atoms with Crippen molar-refractivity contribution in [3.8, 4) is 0 Å². The summed E-state index contributed by atoms with van der Waals surface area (Å²) in [5.74, 6) is 0.842. The molecule has 1 atom stereocenters. The summed E-state index contributed by atoms with van der Waals surface area (Å²) in [6.07, 6.45) is 2.62. The zero-order chi connectivity index (χ0) is 14.5. The van der Waals surface area contributed by atoms with Crippen molar-refractivity contribution in [3.05, 3.63) is 29.8 Å². The Morgan fingerprint density at radius 3 is 2.85 bits per heavy atom. The third-order valence-electron chi connectivity index (χ3n) is 3.93. The van der Waals surface area contributed by atoms with E-state index in [1.54, 1.807) is 0 Å². The summed E-state index contributed by atoms with van der Waals surface area (Å²) in [4.78, 5) is 14.4. The highest BCUT2D eigenvalue weighted by molar-refractivity contribution is 5.94. The standard InChI is InChI=1S/C17H26N2O/c1-4-18-15-11-12-19(17(20)10-9-13(2)3)16-8-6-5-7-14(15)16/h5-8,13,15,18H,4,9-12H2,1-3H3. The molecule has 1 heterocycles. The molecule has 20 heavy (non-hydrogen) atoms. The number of benzene rings is 1. The molecule has 110 valence electrons. The lowest BCUT2D eigenvalue weighted by molar-refractivity contribution is -0.119. The molecule has 1 aromatic rings. The highest BCUT2D eigenvalue weighted by Crippen LogP contribution is 2.34. The van der Waals surface area contributed by atoms with Crippen LogP contribution in [0.25, 0.3) is 0 Å². The van der Waals surface area contributed by atoms with Crippen LogP contribution >= 0.6 is 0 Å². The first kappa shape index (κ1) is 15.0. The molecule has 1 aromatic carbocycles. The Morgan fingerprint density at radius 2 is 2.15 bits per heavy atom. The third-order valence-corrected chi connectivity index (χ3v) is 3.93. The summed E-state index contributed by atoms with van der Waals surface area (Å²) >= 11 is 0. The maximum absolute atomic E-state index is 12.4. The van der Waals surface area contributed by atoms with E-state index in [2.05, 4.69) is 44.3 Å². The van der Waals surface area contributed by atoms with Gasteiger partial charge in [-0.05, 0) is 36.9 Å². The van der Waals surface area contributed by atoms with Gasteiger partial charge in [0.2, 0.25) is 5.91 Å². The number of hydrogen-bond acceptors (Lipinski definition) is 2. The summed E-state index contributed by atoms with van der Waals surface area (Å²) in [7, 11) is 0. The normalized spacial score (nSPS) is 18.2. The number of amides is 1.